The van der Waals surface area contributed by atoms with Gasteiger partial charge in [-0.1, -0.05) is 30.3 Å². The van der Waals surface area contributed by atoms with Crippen molar-refractivity contribution in [3.8, 4) is 0 Å². The van der Waals surface area contributed by atoms with Gasteiger partial charge in [-0.25, -0.2) is 0 Å². The third-order valence-corrected chi connectivity index (χ3v) is 2.98. The van der Waals surface area contributed by atoms with Crippen LogP contribution in [0.4, 0.5) is 0 Å². The molecule has 0 bridgehead atoms. The first-order valence-corrected chi connectivity index (χ1v) is 6.23. The van der Waals surface area contributed by atoms with Crippen LogP contribution in [0.1, 0.15) is 18.4 Å². The highest BCUT2D eigenvalue weighted by Gasteiger charge is 2.23. The van der Waals surface area contributed by atoms with Gasteiger partial charge in [0.1, 0.15) is 0 Å². The van der Waals surface area contributed by atoms with Crippen LogP contribution in [-0.2, 0) is 20.7 Å². The van der Waals surface area contributed by atoms with Gasteiger partial charge in [0.15, 0.2) is 0 Å². The second-order valence-corrected chi connectivity index (χ2v) is 4.54. The molecule has 1 saturated heterocycles. The Balaban J connectivity index is 1.81. The minimum Gasteiger partial charge on any atom is -0.481 e. The number of hydrogen-bond acceptors (Lipinski definition) is 3. The number of carboxylic acid groups (broad SMARTS) is 1. The number of carboxylic acids is 1. The summed E-state index contributed by atoms with van der Waals surface area (Å²) in [5.74, 6) is -0.788. The van der Waals surface area contributed by atoms with Crippen molar-refractivity contribution in [3.63, 3.8) is 0 Å². The minimum absolute atomic E-state index is 0.0277. The van der Waals surface area contributed by atoms with Gasteiger partial charge in [-0.3, -0.25) is 4.79 Å². The lowest BCUT2D eigenvalue weighted by Crippen LogP contribution is -2.37. The van der Waals surface area contributed by atoms with E-state index in [9.17, 15) is 4.79 Å². The fraction of sp³-hybridized carbons (Fsp3) is 0.500. The van der Waals surface area contributed by atoms with Gasteiger partial charge in [-0.05, 0) is 12.0 Å². The van der Waals surface area contributed by atoms with E-state index in [-0.39, 0.29) is 18.6 Å². The van der Waals surface area contributed by atoms with E-state index in [0.29, 0.717) is 19.6 Å². The van der Waals surface area contributed by atoms with Gasteiger partial charge < -0.3 is 14.6 Å². The van der Waals surface area contributed by atoms with Crippen molar-refractivity contribution in [2.75, 3.05) is 13.2 Å². The molecule has 1 fully saturated rings. The number of aliphatic carboxylic acids is 1. The largest absolute Gasteiger partial charge is 0.481 e. The van der Waals surface area contributed by atoms with Crippen LogP contribution in [0.15, 0.2) is 30.3 Å². The van der Waals surface area contributed by atoms with Crippen molar-refractivity contribution in [1.29, 1.82) is 0 Å². The van der Waals surface area contributed by atoms with Gasteiger partial charge in [0.25, 0.3) is 0 Å². The fourth-order valence-electron chi connectivity index (χ4n) is 2.10. The van der Waals surface area contributed by atoms with Gasteiger partial charge >= 0.3 is 5.97 Å². The van der Waals surface area contributed by atoms with Crippen LogP contribution in [0.2, 0.25) is 0 Å². The van der Waals surface area contributed by atoms with Crippen LogP contribution >= 0.6 is 0 Å². The summed E-state index contributed by atoms with van der Waals surface area (Å²) in [5, 5.41) is 8.65. The molecule has 1 aromatic rings. The molecule has 0 saturated carbocycles. The molecule has 1 heterocycles. The summed E-state index contributed by atoms with van der Waals surface area (Å²) < 4.78 is 11.3. The van der Waals surface area contributed by atoms with E-state index in [1.54, 1.807) is 0 Å². The van der Waals surface area contributed by atoms with Gasteiger partial charge in [-0.2, -0.15) is 0 Å². The van der Waals surface area contributed by atoms with E-state index in [1.807, 2.05) is 18.2 Å². The number of ether oxygens (including phenoxy) is 2. The Hall–Kier alpha value is -1.39. The second-order valence-electron chi connectivity index (χ2n) is 4.54. The zero-order valence-corrected chi connectivity index (χ0v) is 10.2. The smallest absolute Gasteiger partial charge is 0.303 e. The molecular weight excluding hydrogens is 232 g/mol. The van der Waals surface area contributed by atoms with Crippen LogP contribution in [0, 0.1) is 0 Å². The highest BCUT2D eigenvalue weighted by atomic mass is 16.6. The maximum absolute atomic E-state index is 10.5. The predicted molar refractivity (Wildman–Crippen MR) is 66.5 cm³/mol. The molecule has 0 spiro atoms. The van der Waals surface area contributed by atoms with E-state index in [2.05, 4.69) is 12.1 Å². The molecule has 0 amide bonds. The minimum atomic E-state index is -0.788. The Morgan fingerprint density at radius 2 is 1.94 bits per heavy atom. The zero-order chi connectivity index (χ0) is 12.8. The average Bonchev–Trinajstić information content (AvgIpc) is 2.38. The Morgan fingerprint density at radius 3 is 2.67 bits per heavy atom. The summed E-state index contributed by atoms with van der Waals surface area (Å²) in [6, 6.07) is 10.1. The Labute approximate surface area is 107 Å². The number of carbonyl (C=O) groups is 1. The monoisotopic (exact) mass is 250 g/mol. The normalized spacial score (nSPS) is 23.8. The number of benzene rings is 1. The number of hydrogen-bond donors (Lipinski definition) is 1. The molecule has 2 atom stereocenters. The average molecular weight is 250 g/mol. The molecule has 2 unspecified atom stereocenters. The number of rotatable bonds is 5. The third-order valence-electron chi connectivity index (χ3n) is 2.98. The molecule has 4 nitrogen and oxygen atoms in total. The summed E-state index contributed by atoms with van der Waals surface area (Å²) in [6.07, 6.45) is 1.39. The van der Waals surface area contributed by atoms with Gasteiger partial charge in [0, 0.05) is 12.8 Å². The highest BCUT2D eigenvalue weighted by molar-refractivity contribution is 5.66. The lowest BCUT2D eigenvalue weighted by atomic mass is 10.1. The first-order valence-electron chi connectivity index (χ1n) is 6.23. The van der Waals surface area contributed by atoms with Gasteiger partial charge in [0.2, 0.25) is 0 Å². The molecule has 18 heavy (non-hydrogen) atoms. The first-order chi connectivity index (χ1) is 8.74. The van der Waals surface area contributed by atoms with Crippen LogP contribution in [0.25, 0.3) is 0 Å². The lowest BCUT2D eigenvalue weighted by molar-refractivity contribution is -0.148. The molecule has 0 aromatic heterocycles. The van der Waals surface area contributed by atoms with E-state index in [0.717, 1.165) is 6.42 Å². The van der Waals surface area contributed by atoms with Gasteiger partial charge in [0.05, 0.1) is 25.4 Å². The van der Waals surface area contributed by atoms with Crippen molar-refractivity contribution >= 4 is 5.97 Å². The summed E-state index contributed by atoms with van der Waals surface area (Å²) in [5.41, 5.74) is 1.21. The summed E-state index contributed by atoms with van der Waals surface area (Å²) in [6.45, 7) is 1.08. The van der Waals surface area contributed by atoms with E-state index >= 15 is 0 Å². The van der Waals surface area contributed by atoms with Crippen molar-refractivity contribution in [1.82, 2.24) is 0 Å². The summed E-state index contributed by atoms with van der Waals surface area (Å²) >= 11 is 0. The standard InChI is InChI=1S/C14H18O4/c15-14(16)7-6-12-9-17-10-13(18-12)8-11-4-2-1-3-5-11/h1-5,12-13H,6-10H2,(H,15,16). The Kier molecular flexibility index (Phi) is 4.73. The van der Waals surface area contributed by atoms with Gasteiger partial charge in [-0.15, -0.1) is 0 Å². The molecule has 1 aromatic carbocycles. The topological polar surface area (TPSA) is 55.8 Å². The molecule has 0 aliphatic carbocycles. The zero-order valence-electron chi connectivity index (χ0n) is 10.2. The molecular formula is C14H18O4. The predicted octanol–water partition coefficient (Wildman–Crippen LogP) is 1.88. The molecule has 4 heteroatoms. The van der Waals surface area contributed by atoms with E-state index in [1.165, 1.54) is 5.56 Å². The lowest BCUT2D eigenvalue weighted by Gasteiger charge is -2.30. The van der Waals surface area contributed by atoms with E-state index in [4.69, 9.17) is 14.6 Å². The highest BCUT2D eigenvalue weighted by Crippen LogP contribution is 2.16. The Morgan fingerprint density at radius 1 is 1.22 bits per heavy atom. The Bertz CT molecular complexity index is 377. The maximum Gasteiger partial charge on any atom is 0.303 e. The molecule has 2 rings (SSSR count). The molecule has 1 N–H and O–H groups in total. The molecule has 1 aliphatic heterocycles. The van der Waals surface area contributed by atoms with Crippen LogP contribution in [0.5, 0.6) is 0 Å². The van der Waals surface area contributed by atoms with Crippen LogP contribution < -0.4 is 0 Å². The SMILES string of the molecule is O=C(O)CCC1COCC(Cc2ccccc2)O1. The fourth-order valence-corrected chi connectivity index (χ4v) is 2.10. The third kappa shape index (κ3) is 4.13. The van der Waals surface area contributed by atoms with Crippen molar-refractivity contribution in [3.05, 3.63) is 35.9 Å². The van der Waals surface area contributed by atoms with Crippen molar-refractivity contribution in [2.45, 2.75) is 31.5 Å². The van der Waals surface area contributed by atoms with Crippen LogP contribution in [0.3, 0.4) is 0 Å². The quantitative estimate of drug-likeness (QED) is 0.867. The maximum atomic E-state index is 10.5. The molecule has 1 aliphatic rings. The second kappa shape index (κ2) is 6.52. The van der Waals surface area contributed by atoms with Crippen molar-refractivity contribution in [2.24, 2.45) is 0 Å². The van der Waals surface area contributed by atoms with Crippen LogP contribution in [-0.4, -0.2) is 36.5 Å². The van der Waals surface area contributed by atoms with E-state index < -0.39 is 5.97 Å². The summed E-state index contributed by atoms with van der Waals surface area (Å²) in [4.78, 5) is 10.5. The molecule has 98 valence electrons. The van der Waals surface area contributed by atoms with Crippen molar-refractivity contribution < 1.29 is 19.4 Å². The summed E-state index contributed by atoms with van der Waals surface area (Å²) in [7, 11) is 0. The molecule has 0 radical (unpaired) electrons. The first kappa shape index (κ1) is 13.1.